The number of benzene rings is 1. The first-order valence-electron chi connectivity index (χ1n) is 14.8. The number of amides is 3. The summed E-state index contributed by atoms with van der Waals surface area (Å²) in [5.41, 5.74) is 0.730. The predicted octanol–water partition coefficient (Wildman–Crippen LogP) is 1.49. The number of nitrogens with one attached hydrogen (secondary N) is 2. The third kappa shape index (κ3) is 11.4. The molecule has 3 rings (SSSR count). The summed E-state index contributed by atoms with van der Waals surface area (Å²) in [6, 6.07) is 5.92. The Morgan fingerprint density at radius 2 is 1.80 bits per heavy atom. The molecule has 0 spiro atoms. The number of nitrogens with zero attached hydrogens (tertiary/aromatic N) is 1. The molecule has 0 saturated carbocycles. The van der Waals surface area contributed by atoms with Crippen LogP contribution in [-0.4, -0.2) is 104 Å². The molecule has 246 valence electrons. The fourth-order valence-corrected chi connectivity index (χ4v) is 4.57. The molecule has 13 nitrogen and oxygen atoms in total. The molecule has 2 aliphatic rings. The van der Waals surface area contributed by atoms with Crippen LogP contribution in [-0.2, 0) is 38.1 Å². The van der Waals surface area contributed by atoms with Gasteiger partial charge < -0.3 is 39.6 Å². The van der Waals surface area contributed by atoms with Crippen molar-refractivity contribution in [3.8, 4) is 0 Å². The van der Waals surface area contributed by atoms with Crippen molar-refractivity contribution in [3.63, 3.8) is 0 Å². The third-order valence-corrected chi connectivity index (χ3v) is 6.89. The first-order valence-corrected chi connectivity index (χ1v) is 14.8. The lowest BCUT2D eigenvalue weighted by atomic mass is 9.91. The van der Waals surface area contributed by atoms with Crippen LogP contribution in [0, 0.1) is 0 Å². The quantitative estimate of drug-likeness (QED) is 0.215. The normalized spacial score (nSPS) is 20.0. The minimum Gasteiger partial charge on any atom is -0.460 e. The minimum absolute atomic E-state index is 0.0123. The monoisotopic (exact) mass is 629 g/mol. The van der Waals surface area contributed by atoms with Crippen molar-refractivity contribution in [2.45, 2.75) is 76.4 Å². The topological polar surface area (TPSA) is 170 Å². The van der Waals surface area contributed by atoms with Gasteiger partial charge in [-0.1, -0.05) is 12.1 Å². The van der Waals surface area contributed by atoms with Crippen molar-refractivity contribution in [1.29, 1.82) is 0 Å². The Morgan fingerprint density at radius 3 is 2.44 bits per heavy atom. The highest BCUT2D eigenvalue weighted by atomic mass is 16.7. The molecule has 4 unspecified atom stereocenters. The average Bonchev–Trinajstić information content (AvgIpc) is 3.46. The number of fused-ring (bicyclic) bond motifs is 1. The number of ether oxygens (including phenoxy) is 4. The van der Waals surface area contributed by atoms with Gasteiger partial charge in [-0.2, -0.15) is 0 Å². The number of hydrogen-bond donors (Lipinski definition) is 3. The molecular weight excluding hydrogens is 586 g/mol. The van der Waals surface area contributed by atoms with Crippen molar-refractivity contribution >= 4 is 35.7 Å². The maximum Gasteiger partial charge on any atom is 0.338 e. The Balaban J connectivity index is 1.49. The number of esters is 2. The number of likely N-dealkylation sites (N-methyl/N-ethyl adjacent to an activating group) is 1. The van der Waals surface area contributed by atoms with Gasteiger partial charge >= 0.3 is 11.9 Å². The van der Waals surface area contributed by atoms with Crippen molar-refractivity contribution in [1.82, 2.24) is 15.5 Å². The summed E-state index contributed by atoms with van der Waals surface area (Å²) in [4.78, 5) is 63.4. The maximum absolute atomic E-state index is 13.0. The van der Waals surface area contributed by atoms with Crippen LogP contribution in [0.3, 0.4) is 0 Å². The number of hydrogen-bond acceptors (Lipinski definition) is 10. The highest BCUT2D eigenvalue weighted by Gasteiger charge is 2.42. The number of carbonyl (C=O) groups excluding carboxylic acids is 5. The Morgan fingerprint density at radius 1 is 1.09 bits per heavy atom. The van der Waals surface area contributed by atoms with Crippen molar-refractivity contribution in [2.75, 3.05) is 34.0 Å². The van der Waals surface area contributed by atoms with Crippen molar-refractivity contribution in [3.05, 3.63) is 53.1 Å². The average molecular weight is 630 g/mol. The molecule has 13 heteroatoms. The number of aliphatic hydroxyl groups excluding tert-OH is 1. The molecule has 1 saturated heterocycles. The molecule has 3 N–H and O–H groups in total. The van der Waals surface area contributed by atoms with E-state index in [0.29, 0.717) is 11.1 Å². The van der Waals surface area contributed by atoms with E-state index >= 15 is 0 Å². The number of rotatable bonds is 13. The van der Waals surface area contributed by atoms with Crippen LogP contribution in [0.1, 0.15) is 62.4 Å². The molecule has 1 aliphatic heterocycles. The van der Waals surface area contributed by atoms with Crippen molar-refractivity contribution in [2.24, 2.45) is 0 Å². The van der Waals surface area contributed by atoms with Gasteiger partial charge in [0, 0.05) is 51.6 Å². The fraction of sp³-hybridized carbons (Fsp3) is 0.531. The van der Waals surface area contributed by atoms with E-state index in [2.05, 4.69) is 10.6 Å². The summed E-state index contributed by atoms with van der Waals surface area (Å²) in [5, 5.41) is 14.9. The summed E-state index contributed by atoms with van der Waals surface area (Å²) in [6.07, 6.45) is 3.03. The van der Waals surface area contributed by atoms with E-state index in [1.54, 1.807) is 71.3 Å². The second-order valence-corrected chi connectivity index (χ2v) is 12.0. The zero-order valence-corrected chi connectivity index (χ0v) is 26.4. The highest BCUT2D eigenvalue weighted by Crippen LogP contribution is 2.30. The minimum atomic E-state index is -0.786. The van der Waals surface area contributed by atoms with E-state index in [1.165, 1.54) is 11.0 Å². The number of carbonyl (C=O) groups is 5. The molecule has 3 amide bonds. The van der Waals surface area contributed by atoms with Gasteiger partial charge in [0.15, 0.2) is 0 Å². The maximum atomic E-state index is 13.0. The van der Waals surface area contributed by atoms with Gasteiger partial charge in [-0.05, 0) is 57.0 Å². The SMILES string of the molecule is CN(C)C(=O)C=Cc1ccc(C(=O)OC2CC(C(=O)NCCC(=O)NC(CO)CCC(=O)OC(C)(C)C)=CC3OCOC32)cc1. The summed E-state index contributed by atoms with van der Waals surface area (Å²) in [5.74, 6) is -2.03. The van der Waals surface area contributed by atoms with E-state index in [4.69, 9.17) is 18.9 Å². The van der Waals surface area contributed by atoms with Gasteiger partial charge in [-0.3, -0.25) is 19.2 Å². The summed E-state index contributed by atoms with van der Waals surface area (Å²) >= 11 is 0. The van der Waals surface area contributed by atoms with Gasteiger partial charge in [0.25, 0.3) is 0 Å². The molecule has 1 heterocycles. The number of aliphatic hydroxyl groups is 1. The van der Waals surface area contributed by atoms with Gasteiger partial charge in [0.05, 0.1) is 18.2 Å². The van der Waals surface area contributed by atoms with Crippen LogP contribution < -0.4 is 10.6 Å². The zero-order valence-electron chi connectivity index (χ0n) is 26.4. The van der Waals surface area contributed by atoms with E-state index in [9.17, 15) is 29.1 Å². The highest BCUT2D eigenvalue weighted by molar-refractivity contribution is 5.95. The molecule has 1 aliphatic carbocycles. The Kier molecular flexibility index (Phi) is 12.8. The molecule has 1 fully saturated rings. The lowest BCUT2D eigenvalue weighted by molar-refractivity contribution is -0.155. The fourth-order valence-electron chi connectivity index (χ4n) is 4.57. The van der Waals surface area contributed by atoms with Crippen LogP contribution >= 0.6 is 0 Å². The first-order chi connectivity index (χ1) is 21.3. The second kappa shape index (κ2) is 16.3. The second-order valence-electron chi connectivity index (χ2n) is 12.0. The van der Waals surface area contributed by atoms with Crippen LogP contribution in [0.4, 0.5) is 0 Å². The molecular formula is C32H43N3O10. The van der Waals surface area contributed by atoms with Crippen molar-refractivity contribution < 1.29 is 48.0 Å². The Labute approximate surface area is 262 Å². The van der Waals surface area contributed by atoms with Gasteiger partial charge in [0.1, 0.15) is 30.7 Å². The van der Waals surface area contributed by atoms with Gasteiger partial charge in [0.2, 0.25) is 17.7 Å². The Hall–Kier alpha value is -4.07. The standard InChI is InChI=1S/C32H43N3O10/c1-32(2,3)45-28(39)13-11-23(18-36)34-26(37)14-15-33-30(40)22-16-24-29(43-19-42-24)25(17-22)44-31(41)21-9-6-20(7-10-21)8-12-27(38)35(4)5/h6-10,12,16,23-25,29,36H,11,13-15,17-19H2,1-5H3,(H,33,40)(H,34,37). The van der Waals surface area contributed by atoms with E-state index in [1.807, 2.05) is 0 Å². The Bertz CT molecular complexity index is 1280. The molecule has 0 bridgehead atoms. The molecule has 0 aromatic heterocycles. The van der Waals surface area contributed by atoms with Gasteiger partial charge in [-0.15, -0.1) is 0 Å². The van der Waals surface area contributed by atoms with Crippen LogP contribution in [0.5, 0.6) is 0 Å². The van der Waals surface area contributed by atoms with Crippen LogP contribution in [0.25, 0.3) is 6.08 Å². The van der Waals surface area contributed by atoms with E-state index in [0.717, 1.165) is 5.56 Å². The lowest BCUT2D eigenvalue weighted by Crippen LogP contribution is -2.44. The zero-order chi connectivity index (χ0) is 33.1. The molecule has 1 aromatic rings. The molecule has 4 atom stereocenters. The van der Waals surface area contributed by atoms with Crippen LogP contribution in [0.15, 0.2) is 42.0 Å². The van der Waals surface area contributed by atoms with Crippen LogP contribution in [0.2, 0.25) is 0 Å². The first kappa shape index (κ1) is 35.4. The molecule has 45 heavy (non-hydrogen) atoms. The smallest absolute Gasteiger partial charge is 0.338 e. The summed E-state index contributed by atoms with van der Waals surface area (Å²) in [6.45, 7) is 4.92. The van der Waals surface area contributed by atoms with E-state index < -0.39 is 53.7 Å². The summed E-state index contributed by atoms with van der Waals surface area (Å²) in [7, 11) is 3.30. The molecule has 0 radical (unpaired) electrons. The summed E-state index contributed by atoms with van der Waals surface area (Å²) < 4.78 is 22.2. The predicted molar refractivity (Wildman–Crippen MR) is 162 cm³/mol. The van der Waals surface area contributed by atoms with E-state index in [-0.39, 0.29) is 51.5 Å². The largest absolute Gasteiger partial charge is 0.460 e. The third-order valence-electron chi connectivity index (χ3n) is 6.89. The van der Waals surface area contributed by atoms with Gasteiger partial charge in [-0.25, -0.2) is 4.79 Å². The molecule has 1 aromatic carbocycles. The lowest BCUT2D eigenvalue weighted by Gasteiger charge is -2.30.